The number of hydrogen-bond acceptors (Lipinski definition) is 5. The fraction of sp³-hybridized carbons (Fsp3) is 0.125. The predicted molar refractivity (Wildman–Crippen MR) is 91.3 cm³/mol. The number of rotatable bonds is 6. The minimum absolute atomic E-state index is 0.0468. The SMILES string of the molecule is C[C@@H](Oc1ccc(C=O)cc1[N+](=O)[O-])C(=O)Nc1ccc(Br)cc1F. The molecule has 0 aliphatic heterocycles. The van der Waals surface area contributed by atoms with E-state index in [-0.39, 0.29) is 17.0 Å². The van der Waals surface area contributed by atoms with E-state index >= 15 is 0 Å². The van der Waals surface area contributed by atoms with Gasteiger partial charge in [-0.1, -0.05) is 15.9 Å². The normalized spacial score (nSPS) is 11.5. The van der Waals surface area contributed by atoms with Crippen LogP contribution in [0.25, 0.3) is 0 Å². The largest absolute Gasteiger partial charge is 0.474 e. The van der Waals surface area contributed by atoms with Gasteiger partial charge in [0, 0.05) is 16.1 Å². The second-order valence-electron chi connectivity index (χ2n) is 4.98. The van der Waals surface area contributed by atoms with Crippen LogP contribution in [0.4, 0.5) is 15.8 Å². The number of aldehydes is 1. The highest BCUT2D eigenvalue weighted by atomic mass is 79.9. The minimum Gasteiger partial charge on any atom is -0.474 e. The maximum atomic E-state index is 13.7. The quantitative estimate of drug-likeness (QED) is 0.444. The molecule has 0 aromatic heterocycles. The lowest BCUT2D eigenvalue weighted by molar-refractivity contribution is -0.386. The molecule has 0 aliphatic carbocycles. The first-order valence-corrected chi connectivity index (χ1v) is 7.77. The van der Waals surface area contributed by atoms with Crippen molar-refractivity contribution in [2.24, 2.45) is 0 Å². The van der Waals surface area contributed by atoms with Gasteiger partial charge in [0.2, 0.25) is 0 Å². The highest BCUT2D eigenvalue weighted by molar-refractivity contribution is 9.10. The fourth-order valence-electron chi connectivity index (χ4n) is 1.92. The maximum absolute atomic E-state index is 13.7. The lowest BCUT2D eigenvalue weighted by Gasteiger charge is -2.15. The number of amides is 1. The molecule has 0 bridgehead atoms. The topological polar surface area (TPSA) is 98.5 Å². The molecule has 0 aliphatic rings. The van der Waals surface area contributed by atoms with Crippen molar-refractivity contribution in [3.05, 3.63) is 62.4 Å². The van der Waals surface area contributed by atoms with Crippen LogP contribution in [0, 0.1) is 15.9 Å². The molecule has 0 fully saturated rings. The van der Waals surface area contributed by atoms with Crippen molar-refractivity contribution in [1.82, 2.24) is 0 Å². The molecule has 0 radical (unpaired) electrons. The van der Waals surface area contributed by atoms with E-state index < -0.39 is 28.4 Å². The summed E-state index contributed by atoms with van der Waals surface area (Å²) in [5.41, 5.74) is -0.387. The van der Waals surface area contributed by atoms with Gasteiger partial charge in [-0.2, -0.15) is 0 Å². The molecule has 2 aromatic carbocycles. The zero-order chi connectivity index (χ0) is 18.6. The van der Waals surface area contributed by atoms with Gasteiger partial charge in [-0.3, -0.25) is 19.7 Å². The number of carbonyl (C=O) groups excluding carboxylic acids is 2. The van der Waals surface area contributed by atoms with Crippen molar-refractivity contribution in [3.8, 4) is 5.75 Å². The molecule has 0 unspecified atom stereocenters. The molecule has 25 heavy (non-hydrogen) atoms. The Morgan fingerprint density at radius 2 is 2.08 bits per heavy atom. The number of halogens is 2. The zero-order valence-electron chi connectivity index (χ0n) is 12.9. The Bertz CT molecular complexity index is 843. The summed E-state index contributed by atoms with van der Waals surface area (Å²) in [6, 6.07) is 7.70. The summed E-state index contributed by atoms with van der Waals surface area (Å²) in [6.45, 7) is 1.36. The first-order valence-electron chi connectivity index (χ1n) is 6.98. The predicted octanol–water partition coefficient (Wildman–Crippen LogP) is 3.71. The Hall–Kier alpha value is -2.81. The zero-order valence-corrected chi connectivity index (χ0v) is 14.4. The van der Waals surface area contributed by atoms with Gasteiger partial charge >= 0.3 is 5.69 Å². The minimum atomic E-state index is -1.14. The number of ether oxygens (including phenoxy) is 1. The van der Waals surface area contributed by atoms with Crippen LogP contribution in [0.2, 0.25) is 0 Å². The molecule has 9 heteroatoms. The Balaban J connectivity index is 2.16. The van der Waals surface area contributed by atoms with Gasteiger partial charge in [0.1, 0.15) is 12.1 Å². The van der Waals surface area contributed by atoms with Gasteiger partial charge in [0.05, 0.1) is 10.6 Å². The van der Waals surface area contributed by atoms with Crippen LogP contribution in [-0.2, 0) is 4.79 Å². The van der Waals surface area contributed by atoms with Gasteiger partial charge in [0.25, 0.3) is 5.91 Å². The van der Waals surface area contributed by atoms with E-state index in [0.29, 0.717) is 10.8 Å². The molecular weight excluding hydrogens is 399 g/mol. The van der Waals surface area contributed by atoms with Crippen LogP contribution in [0.3, 0.4) is 0 Å². The van der Waals surface area contributed by atoms with E-state index in [0.717, 1.165) is 6.07 Å². The number of nitro benzene ring substituents is 1. The molecular formula is C16H12BrFN2O5. The van der Waals surface area contributed by atoms with Gasteiger partial charge < -0.3 is 10.1 Å². The van der Waals surface area contributed by atoms with Crippen LogP contribution in [0.15, 0.2) is 40.9 Å². The Morgan fingerprint density at radius 3 is 2.68 bits per heavy atom. The molecule has 130 valence electrons. The molecule has 7 nitrogen and oxygen atoms in total. The van der Waals surface area contributed by atoms with E-state index in [1.54, 1.807) is 6.07 Å². The number of benzene rings is 2. The summed E-state index contributed by atoms with van der Waals surface area (Å²) in [7, 11) is 0. The molecule has 0 saturated heterocycles. The Kier molecular flexibility index (Phi) is 5.81. The molecule has 1 atom stereocenters. The van der Waals surface area contributed by atoms with Crippen molar-refractivity contribution >= 4 is 39.5 Å². The van der Waals surface area contributed by atoms with Gasteiger partial charge in [0.15, 0.2) is 11.9 Å². The van der Waals surface area contributed by atoms with Gasteiger partial charge in [-0.05, 0) is 37.3 Å². The standard InChI is InChI=1S/C16H12BrFN2O5/c1-9(16(22)19-13-4-3-11(17)7-12(13)18)25-15-5-2-10(8-21)6-14(15)20(23)24/h2-9H,1H3,(H,19,22)/t9-/m1/s1. The second-order valence-corrected chi connectivity index (χ2v) is 5.89. The molecule has 1 amide bonds. The summed E-state index contributed by atoms with van der Waals surface area (Å²) in [5, 5.41) is 13.4. The summed E-state index contributed by atoms with van der Waals surface area (Å²) in [4.78, 5) is 33.2. The van der Waals surface area contributed by atoms with Crippen LogP contribution in [0.5, 0.6) is 5.75 Å². The summed E-state index contributed by atoms with van der Waals surface area (Å²) in [5.74, 6) is -1.50. The molecule has 0 saturated carbocycles. The molecule has 0 spiro atoms. The highest BCUT2D eigenvalue weighted by Crippen LogP contribution is 2.28. The summed E-state index contributed by atoms with van der Waals surface area (Å²) < 4.78 is 19.6. The first-order chi connectivity index (χ1) is 11.8. The molecule has 2 aromatic rings. The number of nitro groups is 1. The van der Waals surface area contributed by atoms with Crippen molar-refractivity contribution in [1.29, 1.82) is 0 Å². The first kappa shape index (κ1) is 18.5. The smallest absolute Gasteiger partial charge is 0.311 e. The number of nitrogens with one attached hydrogen (secondary N) is 1. The average Bonchev–Trinajstić information content (AvgIpc) is 2.57. The summed E-state index contributed by atoms with van der Waals surface area (Å²) in [6.07, 6.45) is -0.674. The maximum Gasteiger partial charge on any atom is 0.311 e. The van der Waals surface area contributed by atoms with Crippen molar-refractivity contribution in [2.45, 2.75) is 13.0 Å². The van der Waals surface area contributed by atoms with Crippen LogP contribution >= 0.6 is 15.9 Å². The van der Waals surface area contributed by atoms with Crippen molar-refractivity contribution in [2.75, 3.05) is 5.32 Å². The molecule has 0 heterocycles. The van der Waals surface area contributed by atoms with Crippen molar-refractivity contribution < 1.29 is 23.6 Å². The average molecular weight is 411 g/mol. The summed E-state index contributed by atoms with van der Waals surface area (Å²) >= 11 is 3.10. The lowest BCUT2D eigenvalue weighted by atomic mass is 10.2. The van der Waals surface area contributed by atoms with Crippen molar-refractivity contribution in [3.63, 3.8) is 0 Å². The van der Waals surface area contributed by atoms with E-state index in [2.05, 4.69) is 21.2 Å². The van der Waals surface area contributed by atoms with E-state index in [1.807, 2.05) is 0 Å². The van der Waals surface area contributed by atoms with Crippen LogP contribution in [0.1, 0.15) is 17.3 Å². The number of nitrogens with zero attached hydrogens (tertiary/aromatic N) is 1. The fourth-order valence-corrected chi connectivity index (χ4v) is 2.25. The van der Waals surface area contributed by atoms with Crippen LogP contribution < -0.4 is 10.1 Å². The van der Waals surface area contributed by atoms with Crippen LogP contribution in [-0.4, -0.2) is 23.2 Å². The highest BCUT2D eigenvalue weighted by Gasteiger charge is 2.22. The lowest BCUT2D eigenvalue weighted by Crippen LogP contribution is -2.30. The van der Waals surface area contributed by atoms with Gasteiger partial charge in [-0.25, -0.2) is 4.39 Å². The van der Waals surface area contributed by atoms with E-state index in [4.69, 9.17) is 4.74 Å². The second kappa shape index (κ2) is 7.84. The number of carbonyl (C=O) groups is 2. The molecule has 2 rings (SSSR count). The Morgan fingerprint density at radius 1 is 1.36 bits per heavy atom. The third-order valence-electron chi connectivity index (χ3n) is 3.18. The third kappa shape index (κ3) is 4.60. The monoisotopic (exact) mass is 410 g/mol. The molecule has 1 N–H and O–H groups in total. The number of anilines is 1. The van der Waals surface area contributed by atoms with E-state index in [9.17, 15) is 24.1 Å². The third-order valence-corrected chi connectivity index (χ3v) is 3.67. The van der Waals surface area contributed by atoms with E-state index in [1.165, 1.54) is 31.2 Å². The van der Waals surface area contributed by atoms with Gasteiger partial charge in [-0.15, -0.1) is 0 Å². The number of hydrogen-bond donors (Lipinski definition) is 1. The Labute approximate surface area is 150 Å².